The molecule has 0 aliphatic carbocycles. The molecule has 0 saturated carbocycles. The summed E-state index contributed by atoms with van der Waals surface area (Å²) in [5.41, 5.74) is 7.12. The molecule has 0 aliphatic rings. The highest BCUT2D eigenvalue weighted by Gasteiger charge is 2.13. The van der Waals surface area contributed by atoms with Gasteiger partial charge in [-0.3, -0.25) is 0 Å². The fourth-order valence-electron chi connectivity index (χ4n) is 1.53. The molecule has 102 valence electrons. The van der Waals surface area contributed by atoms with E-state index in [-0.39, 0.29) is 11.2 Å². The number of nitriles is 1. The molecule has 6 nitrogen and oxygen atoms in total. The van der Waals surface area contributed by atoms with Crippen LogP contribution in [-0.4, -0.2) is 17.1 Å². The van der Waals surface area contributed by atoms with Gasteiger partial charge in [0.25, 0.3) is 0 Å². The van der Waals surface area contributed by atoms with E-state index in [9.17, 15) is 0 Å². The van der Waals surface area contributed by atoms with Gasteiger partial charge in [-0.2, -0.15) is 10.2 Å². The second kappa shape index (κ2) is 5.63. The summed E-state index contributed by atoms with van der Waals surface area (Å²) in [4.78, 5) is 7.85. The van der Waals surface area contributed by atoms with E-state index >= 15 is 0 Å². The van der Waals surface area contributed by atoms with Crippen molar-refractivity contribution in [1.29, 1.82) is 5.26 Å². The van der Waals surface area contributed by atoms with Gasteiger partial charge in [0.2, 0.25) is 11.2 Å². The molecule has 0 atom stereocenters. The Morgan fingerprint density at radius 1 is 1.30 bits per heavy atom. The van der Waals surface area contributed by atoms with Crippen molar-refractivity contribution in [3.8, 4) is 23.4 Å². The van der Waals surface area contributed by atoms with E-state index in [1.807, 2.05) is 6.07 Å². The van der Waals surface area contributed by atoms with E-state index in [1.54, 1.807) is 25.1 Å². The van der Waals surface area contributed by atoms with Gasteiger partial charge in [0.05, 0.1) is 24.4 Å². The molecule has 20 heavy (non-hydrogen) atoms. The van der Waals surface area contributed by atoms with Gasteiger partial charge < -0.3 is 15.2 Å². The first kappa shape index (κ1) is 13.9. The third-order valence-corrected chi connectivity index (χ3v) is 2.74. The molecule has 0 unspecified atom stereocenters. The minimum absolute atomic E-state index is 0.0410. The van der Waals surface area contributed by atoms with Crippen molar-refractivity contribution in [2.24, 2.45) is 0 Å². The Balaban J connectivity index is 2.43. The molecule has 2 N–H and O–H groups in total. The van der Waals surface area contributed by atoms with Crippen LogP contribution in [-0.2, 0) is 0 Å². The van der Waals surface area contributed by atoms with Crippen LogP contribution in [0, 0.1) is 18.3 Å². The minimum atomic E-state index is 0.0410. The molecule has 0 spiro atoms. The van der Waals surface area contributed by atoms with Crippen LogP contribution in [0.2, 0.25) is 5.28 Å². The summed E-state index contributed by atoms with van der Waals surface area (Å²) < 4.78 is 10.8. The van der Waals surface area contributed by atoms with Crippen LogP contribution >= 0.6 is 11.6 Å². The molecule has 0 radical (unpaired) electrons. The van der Waals surface area contributed by atoms with Crippen LogP contribution in [0.1, 0.15) is 11.3 Å². The van der Waals surface area contributed by atoms with Gasteiger partial charge in [-0.25, -0.2) is 4.98 Å². The summed E-state index contributed by atoms with van der Waals surface area (Å²) in [5, 5.41) is 8.89. The number of anilines is 1. The first-order valence-corrected chi connectivity index (χ1v) is 5.98. The van der Waals surface area contributed by atoms with Gasteiger partial charge in [0.1, 0.15) is 5.69 Å². The number of aromatic nitrogens is 2. The van der Waals surface area contributed by atoms with Crippen molar-refractivity contribution in [3.63, 3.8) is 0 Å². The summed E-state index contributed by atoms with van der Waals surface area (Å²) in [6.07, 6.45) is 0. The van der Waals surface area contributed by atoms with Crippen molar-refractivity contribution in [3.05, 3.63) is 34.7 Å². The molecule has 7 heteroatoms. The monoisotopic (exact) mass is 290 g/mol. The highest BCUT2D eigenvalue weighted by molar-refractivity contribution is 6.28. The predicted molar refractivity (Wildman–Crippen MR) is 74.0 cm³/mol. The SMILES string of the molecule is COc1cc(C#N)ccc1Oc1nc(Cl)nc(C)c1N. The van der Waals surface area contributed by atoms with Crippen molar-refractivity contribution < 1.29 is 9.47 Å². The van der Waals surface area contributed by atoms with Crippen molar-refractivity contribution in [1.82, 2.24) is 9.97 Å². The molecule has 2 aromatic rings. The third kappa shape index (κ3) is 2.73. The maximum Gasteiger partial charge on any atom is 0.247 e. The van der Waals surface area contributed by atoms with Crippen LogP contribution in [0.15, 0.2) is 18.2 Å². The molecular weight excluding hydrogens is 280 g/mol. The first-order chi connectivity index (χ1) is 9.55. The second-order valence-electron chi connectivity index (χ2n) is 3.88. The molecule has 0 aliphatic heterocycles. The number of aryl methyl sites for hydroxylation is 1. The highest BCUT2D eigenvalue weighted by Crippen LogP contribution is 2.34. The number of nitrogens with zero attached hydrogens (tertiary/aromatic N) is 3. The van der Waals surface area contributed by atoms with Gasteiger partial charge in [0.15, 0.2) is 11.5 Å². The lowest BCUT2D eigenvalue weighted by molar-refractivity contribution is 0.374. The van der Waals surface area contributed by atoms with E-state index in [2.05, 4.69) is 9.97 Å². The number of rotatable bonds is 3. The quantitative estimate of drug-likeness (QED) is 0.873. The molecule has 1 aromatic carbocycles. The van der Waals surface area contributed by atoms with Crippen molar-refractivity contribution in [2.45, 2.75) is 6.92 Å². The van der Waals surface area contributed by atoms with Crippen molar-refractivity contribution in [2.75, 3.05) is 12.8 Å². The fraction of sp³-hybridized carbons (Fsp3) is 0.154. The Morgan fingerprint density at radius 2 is 2.05 bits per heavy atom. The number of hydrogen-bond donors (Lipinski definition) is 1. The van der Waals surface area contributed by atoms with E-state index < -0.39 is 0 Å². The summed E-state index contributed by atoms with van der Waals surface area (Å²) in [5.74, 6) is 0.925. The normalized spacial score (nSPS) is 9.90. The van der Waals surface area contributed by atoms with Crippen LogP contribution in [0.25, 0.3) is 0 Å². The van der Waals surface area contributed by atoms with E-state index in [0.29, 0.717) is 28.4 Å². The smallest absolute Gasteiger partial charge is 0.247 e. The standard InChI is InChI=1S/C13H11ClN4O2/c1-7-11(16)12(18-13(14)17-7)20-9-4-3-8(6-15)5-10(9)19-2/h3-5H,16H2,1-2H3. The maximum atomic E-state index is 8.85. The van der Waals surface area contributed by atoms with Crippen molar-refractivity contribution >= 4 is 17.3 Å². The Kier molecular flexibility index (Phi) is 3.91. The number of ether oxygens (including phenoxy) is 2. The zero-order valence-electron chi connectivity index (χ0n) is 10.8. The van der Waals surface area contributed by atoms with E-state index in [1.165, 1.54) is 7.11 Å². The Bertz CT molecular complexity index is 698. The molecule has 0 saturated heterocycles. The predicted octanol–water partition coefficient (Wildman–Crippen LogP) is 2.69. The largest absolute Gasteiger partial charge is 0.493 e. The molecule has 0 fully saturated rings. The topological polar surface area (TPSA) is 94.0 Å². The van der Waals surface area contributed by atoms with Crippen LogP contribution in [0.4, 0.5) is 5.69 Å². The fourth-order valence-corrected chi connectivity index (χ4v) is 1.73. The molecular formula is C13H11ClN4O2. The summed E-state index contributed by atoms with van der Waals surface area (Å²) >= 11 is 5.78. The minimum Gasteiger partial charge on any atom is -0.493 e. The van der Waals surface area contributed by atoms with Gasteiger partial charge >= 0.3 is 0 Å². The van der Waals surface area contributed by atoms with E-state index in [4.69, 9.17) is 32.1 Å². The molecule has 0 bridgehead atoms. The number of nitrogen functional groups attached to an aromatic ring is 1. The third-order valence-electron chi connectivity index (χ3n) is 2.57. The lowest BCUT2D eigenvalue weighted by atomic mass is 10.2. The summed E-state index contributed by atoms with van der Waals surface area (Å²) in [6, 6.07) is 6.77. The Labute approximate surface area is 120 Å². The number of halogens is 1. The Hall–Kier alpha value is -2.52. The van der Waals surface area contributed by atoms with Crippen LogP contribution in [0.3, 0.4) is 0 Å². The van der Waals surface area contributed by atoms with Gasteiger partial charge in [-0.1, -0.05) is 0 Å². The number of hydrogen-bond acceptors (Lipinski definition) is 6. The Morgan fingerprint density at radius 3 is 2.70 bits per heavy atom. The second-order valence-corrected chi connectivity index (χ2v) is 4.21. The average Bonchev–Trinajstić information content (AvgIpc) is 2.44. The summed E-state index contributed by atoms with van der Waals surface area (Å²) in [7, 11) is 1.48. The summed E-state index contributed by atoms with van der Waals surface area (Å²) in [6.45, 7) is 1.70. The van der Waals surface area contributed by atoms with Gasteiger partial charge in [-0.05, 0) is 30.7 Å². The number of benzene rings is 1. The van der Waals surface area contributed by atoms with Crippen LogP contribution < -0.4 is 15.2 Å². The average molecular weight is 291 g/mol. The van der Waals surface area contributed by atoms with E-state index in [0.717, 1.165) is 0 Å². The molecule has 0 amide bonds. The number of nitrogens with two attached hydrogens (primary N) is 1. The lowest BCUT2D eigenvalue weighted by Crippen LogP contribution is -2.01. The maximum absolute atomic E-state index is 8.85. The van der Waals surface area contributed by atoms with Gasteiger partial charge in [0, 0.05) is 6.07 Å². The van der Waals surface area contributed by atoms with Gasteiger partial charge in [-0.15, -0.1) is 0 Å². The number of methoxy groups -OCH3 is 1. The molecule has 1 aromatic heterocycles. The zero-order valence-corrected chi connectivity index (χ0v) is 11.6. The highest BCUT2D eigenvalue weighted by atomic mass is 35.5. The lowest BCUT2D eigenvalue weighted by Gasteiger charge is -2.12. The first-order valence-electron chi connectivity index (χ1n) is 5.60. The molecule has 2 rings (SSSR count). The van der Waals surface area contributed by atoms with Crippen LogP contribution in [0.5, 0.6) is 17.4 Å². The zero-order chi connectivity index (χ0) is 14.7. The molecule has 1 heterocycles.